The number of carbonyl (C=O) groups excluding carboxylic acids is 2. The predicted octanol–water partition coefficient (Wildman–Crippen LogP) is 4.15. The fourth-order valence-corrected chi connectivity index (χ4v) is 3.09. The molecule has 1 unspecified atom stereocenters. The van der Waals surface area contributed by atoms with Gasteiger partial charge in [-0.1, -0.05) is 36.4 Å². The molecule has 0 spiro atoms. The van der Waals surface area contributed by atoms with Crippen molar-refractivity contribution in [2.24, 2.45) is 0 Å². The highest BCUT2D eigenvalue weighted by Gasteiger charge is 2.27. The first kappa shape index (κ1) is 19.4. The minimum Gasteiger partial charge on any atom is -0.462 e. The number of hydrogen-bond donors (Lipinski definition) is 1. The van der Waals surface area contributed by atoms with Crippen LogP contribution in [0.5, 0.6) is 0 Å². The average molecular weight is 378 g/mol. The summed E-state index contributed by atoms with van der Waals surface area (Å²) in [4.78, 5) is 32.4. The number of carbonyl (C=O) groups is 2. The number of esters is 2. The van der Waals surface area contributed by atoms with Crippen LogP contribution in [0.1, 0.15) is 56.4 Å². The Kier molecular flexibility index (Phi) is 5.89. The summed E-state index contributed by atoms with van der Waals surface area (Å²) in [5.74, 6) is -1.02. The third-order valence-electron chi connectivity index (χ3n) is 4.40. The molecule has 0 radical (unpaired) electrons. The molecule has 0 aliphatic heterocycles. The highest BCUT2D eigenvalue weighted by atomic mass is 16.5. The zero-order chi connectivity index (χ0) is 20.1. The Bertz CT molecular complexity index is 925. The van der Waals surface area contributed by atoms with E-state index in [0.717, 1.165) is 5.56 Å². The van der Waals surface area contributed by atoms with E-state index in [4.69, 9.17) is 9.47 Å². The number of aromatic amines is 1. The van der Waals surface area contributed by atoms with Crippen molar-refractivity contribution in [3.63, 3.8) is 0 Å². The molecule has 2 aromatic heterocycles. The van der Waals surface area contributed by atoms with Crippen molar-refractivity contribution in [2.45, 2.75) is 26.9 Å². The number of aromatic nitrogens is 2. The van der Waals surface area contributed by atoms with E-state index in [1.807, 2.05) is 42.5 Å². The number of ether oxygens (including phenoxy) is 2. The molecule has 1 aromatic carbocycles. The normalized spacial score (nSPS) is 11.7. The summed E-state index contributed by atoms with van der Waals surface area (Å²) in [5.41, 5.74) is 3.10. The van der Waals surface area contributed by atoms with Crippen LogP contribution in [0.4, 0.5) is 0 Å². The third kappa shape index (κ3) is 3.96. The summed E-state index contributed by atoms with van der Waals surface area (Å²) in [6.45, 7) is 5.42. The van der Waals surface area contributed by atoms with Crippen molar-refractivity contribution in [1.29, 1.82) is 0 Å². The molecule has 1 atom stereocenters. The van der Waals surface area contributed by atoms with Crippen LogP contribution >= 0.6 is 0 Å². The summed E-state index contributed by atoms with van der Waals surface area (Å²) in [5, 5.41) is 0. The molecule has 144 valence electrons. The van der Waals surface area contributed by atoms with Crippen LogP contribution in [-0.4, -0.2) is 28.5 Å². The average Bonchev–Trinajstić information content (AvgIpc) is 3.01. The molecule has 6 nitrogen and oxygen atoms in total. The molecule has 2 heterocycles. The Morgan fingerprint density at radius 3 is 2.39 bits per heavy atom. The van der Waals surface area contributed by atoms with E-state index in [1.165, 1.54) is 0 Å². The quantitative estimate of drug-likeness (QED) is 0.652. The van der Waals surface area contributed by atoms with Gasteiger partial charge in [0.15, 0.2) is 6.10 Å². The van der Waals surface area contributed by atoms with Gasteiger partial charge in [0.05, 0.1) is 17.9 Å². The van der Waals surface area contributed by atoms with Gasteiger partial charge in [-0.25, -0.2) is 9.59 Å². The minimum atomic E-state index is -0.663. The van der Waals surface area contributed by atoms with Crippen molar-refractivity contribution in [1.82, 2.24) is 9.97 Å². The fraction of sp³-hybridized carbons (Fsp3) is 0.227. The molecule has 28 heavy (non-hydrogen) atoms. The van der Waals surface area contributed by atoms with E-state index in [9.17, 15) is 9.59 Å². The summed E-state index contributed by atoms with van der Waals surface area (Å²) < 4.78 is 10.9. The lowest BCUT2D eigenvalue weighted by atomic mass is 10.1. The van der Waals surface area contributed by atoms with Crippen LogP contribution in [0.15, 0.2) is 54.7 Å². The maximum atomic E-state index is 12.9. The number of nitrogens with zero attached hydrogens (tertiary/aromatic N) is 1. The van der Waals surface area contributed by atoms with Crippen LogP contribution < -0.4 is 0 Å². The highest BCUT2D eigenvalue weighted by molar-refractivity contribution is 5.98. The maximum Gasteiger partial charge on any atom is 0.356 e. The summed E-state index contributed by atoms with van der Waals surface area (Å²) in [6.07, 6.45) is 0.992. The first-order valence-electron chi connectivity index (χ1n) is 9.06. The lowest BCUT2D eigenvalue weighted by Crippen LogP contribution is -2.15. The summed E-state index contributed by atoms with van der Waals surface area (Å²) in [6, 6.07) is 14.9. The Morgan fingerprint density at radius 1 is 1.04 bits per heavy atom. The largest absolute Gasteiger partial charge is 0.462 e. The molecule has 0 aliphatic rings. The lowest BCUT2D eigenvalue weighted by Gasteiger charge is -2.18. The van der Waals surface area contributed by atoms with Crippen molar-refractivity contribution in [3.8, 4) is 0 Å². The number of benzene rings is 1. The van der Waals surface area contributed by atoms with Gasteiger partial charge in [0.25, 0.3) is 0 Å². The molecule has 3 aromatic rings. The summed E-state index contributed by atoms with van der Waals surface area (Å²) >= 11 is 0. The smallest absolute Gasteiger partial charge is 0.356 e. The van der Waals surface area contributed by atoms with Gasteiger partial charge in [0, 0.05) is 11.9 Å². The Morgan fingerprint density at radius 2 is 1.75 bits per heavy atom. The van der Waals surface area contributed by atoms with Gasteiger partial charge in [-0.3, -0.25) is 4.98 Å². The maximum absolute atomic E-state index is 12.9. The third-order valence-corrected chi connectivity index (χ3v) is 4.40. The van der Waals surface area contributed by atoms with Crippen molar-refractivity contribution < 1.29 is 19.1 Å². The Labute approximate surface area is 163 Å². The molecule has 0 amide bonds. The number of hydrogen-bond acceptors (Lipinski definition) is 5. The van der Waals surface area contributed by atoms with Crippen molar-refractivity contribution >= 4 is 11.9 Å². The first-order valence-corrected chi connectivity index (χ1v) is 9.06. The molecule has 3 rings (SSSR count). The van der Waals surface area contributed by atoms with Crippen LogP contribution in [0.25, 0.3) is 0 Å². The monoisotopic (exact) mass is 378 g/mol. The van der Waals surface area contributed by atoms with E-state index >= 15 is 0 Å². The number of nitrogens with one attached hydrogen (secondary N) is 1. The molecule has 0 saturated heterocycles. The Balaban J connectivity index is 1.93. The topological polar surface area (TPSA) is 81.3 Å². The first-order chi connectivity index (χ1) is 13.5. The van der Waals surface area contributed by atoms with Gasteiger partial charge in [-0.15, -0.1) is 0 Å². The lowest BCUT2D eigenvalue weighted by molar-refractivity contribution is 0.0363. The molecule has 6 heteroatoms. The van der Waals surface area contributed by atoms with Gasteiger partial charge in [-0.05, 0) is 44.0 Å². The molecule has 0 saturated carbocycles. The zero-order valence-corrected chi connectivity index (χ0v) is 16.1. The van der Waals surface area contributed by atoms with Gasteiger partial charge >= 0.3 is 11.9 Å². The van der Waals surface area contributed by atoms with E-state index in [-0.39, 0.29) is 12.3 Å². The van der Waals surface area contributed by atoms with Crippen LogP contribution in [0.2, 0.25) is 0 Å². The molecule has 0 aliphatic carbocycles. The predicted molar refractivity (Wildman–Crippen MR) is 104 cm³/mol. The van der Waals surface area contributed by atoms with Crippen molar-refractivity contribution in [2.75, 3.05) is 6.61 Å². The number of aryl methyl sites for hydroxylation is 1. The Hall–Kier alpha value is -3.41. The molecular weight excluding hydrogens is 356 g/mol. The fourth-order valence-electron chi connectivity index (χ4n) is 3.09. The number of rotatable bonds is 6. The van der Waals surface area contributed by atoms with E-state index < -0.39 is 18.0 Å². The molecular formula is C22H22N2O4. The minimum absolute atomic E-state index is 0.234. The zero-order valence-electron chi connectivity index (χ0n) is 16.1. The van der Waals surface area contributed by atoms with E-state index in [1.54, 1.807) is 33.0 Å². The van der Waals surface area contributed by atoms with E-state index in [0.29, 0.717) is 22.5 Å². The number of H-pyrrole nitrogens is 1. The van der Waals surface area contributed by atoms with Gasteiger partial charge in [0.2, 0.25) is 0 Å². The second-order valence-electron chi connectivity index (χ2n) is 6.30. The van der Waals surface area contributed by atoms with Gasteiger partial charge < -0.3 is 14.5 Å². The highest BCUT2D eigenvalue weighted by Crippen LogP contribution is 2.27. The van der Waals surface area contributed by atoms with E-state index in [2.05, 4.69) is 9.97 Å². The van der Waals surface area contributed by atoms with Crippen LogP contribution in [-0.2, 0) is 9.47 Å². The van der Waals surface area contributed by atoms with Gasteiger partial charge in [-0.2, -0.15) is 0 Å². The molecule has 1 N–H and O–H groups in total. The number of pyridine rings is 1. The van der Waals surface area contributed by atoms with Crippen LogP contribution in [0, 0.1) is 13.8 Å². The second-order valence-corrected chi connectivity index (χ2v) is 6.30. The molecule has 0 fully saturated rings. The van der Waals surface area contributed by atoms with Crippen molar-refractivity contribution in [3.05, 3.63) is 88.5 Å². The standard InChI is InChI=1S/C22H22N2O4/c1-4-27-21(25)18-14(2)19(24-15(18)3)22(26)28-20(16-10-6-5-7-11-16)17-12-8-9-13-23-17/h5-13,20,24H,4H2,1-3H3. The van der Waals surface area contributed by atoms with Crippen LogP contribution in [0.3, 0.4) is 0 Å². The van der Waals surface area contributed by atoms with Gasteiger partial charge in [0.1, 0.15) is 5.69 Å². The SMILES string of the molecule is CCOC(=O)c1c(C)[nH]c(C(=O)OC(c2ccccc2)c2ccccn2)c1C. The summed E-state index contributed by atoms with van der Waals surface area (Å²) in [7, 11) is 0. The second kappa shape index (κ2) is 8.52. The molecule has 0 bridgehead atoms.